The van der Waals surface area contributed by atoms with Crippen LogP contribution in [0, 0.1) is 0 Å². The number of aryl methyl sites for hydroxylation is 1. The highest BCUT2D eigenvalue weighted by Gasteiger charge is 2.16. The van der Waals surface area contributed by atoms with Crippen molar-refractivity contribution >= 4 is 21.7 Å². The normalized spacial score (nSPS) is 11.2. The first-order valence-corrected chi connectivity index (χ1v) is 10.5. The van der Waals surface area contributed by atoms with E-state index in [-0.39, 0.29) is 19.0 Å². The van der Waals surface area contributed by atoms with Crippen molar-refractivity contribution in [1.82, 2.24) is 9.78 Å². The molecule has 2 aromatic carbocycles. The van der Waals surface area contributed by atoms with Gasteiger partial charge in [0.2, 0.25) is 10.0 Å². The number of nitrogens with zero attached hydrogens (tertiary/aromatic N) is 2. The molecule has 0 fully saturated rings. The Morgan fingerprint density at radius 3 is 2.43 bits per heavy atom. The second kappa shape index (κ2) is 8.26. The van der Waals surface area contributed by atoms with Crippen LogP contribution in [0.3, 0.4) is 0 Å². The summed E-state index contributed by atoms with van der Waals surface area (Å²) in [4.78, 5) is 12.3. The highest BCUT2D eigenvalue weighted by molar-refractivity contribution is 7.92. The monoisotopic (exact) mass is 399 g/mol. The summed E-state index contributed by atoms with van der Waals surface area (Å²) in [7, 11) is -1.56. The van der Waals surface area contributed by atoms with Crippen LogP contribution in [-0.4, -0.2) is 30.4 Å². The van der Waals surface area contributed by atoms with Gasteiger partial charge in [-0.2, -0.15) is 5.10 Å². The Hall–Kier alpha value is -3.13. The quantitative estimate of drug-likeness (QED) is 0.617. The van der Waals surface area contributed by atoms with E-state index in [1.165, 1.54) is 0 Å². The minimum absolute atomic E-state index is 0.0853. The predicted molar refractivity (Wildman–Crippen MR) is 107 cm³/mol. The van der Waals surface area contributed by atoms with Crippen molar-refractivity contribution < 1.29 is 17.9 Å². The molecule has 28 heavy (non-hydrogen) atoms. The Labute approximate surface area is 164 Å². The van der Waals surface area contributed by atoms with Crippen LogP contribution in [0.5, 0.6) is 0 Å². The van der Waals surface area contributed by atoms with Crippen LogP contribution >= 0.6 is 0 Å². The van der Waals surface area contributed by atoms with Crippen molar-refractivity contribution in [1.29, 1.82) is 0 Å². The maximum absolute atomic E-state index is 12.3. The van der Waals surface area contributed by atoms with Gasteiger partial charge in [-0.15, -0.1) is 0 Å². The zero-order valence-corrected chi connectivity index (χ0v) is 16.4. The summed E-state index contributed by atoms with van der Waals surface area (Å²) >= 11 is 0. The van der Waals surface area contributed by atoms with Gasteiger partial charge in [-0.3, -0.25) is 14.2 Å². The number of carbonyl (C=O) groups excluding carboxylic acids is 1. The van der Waals surface area contributed by atoms with Crippen LogP contribution in [0.25, 0.3) is 11.1 Å². The van der Waals surface area contributed by atoms with Crippen molar-refractivity contribution in [3.63, 3.8) is 0 Å². The summed E-state index contributed by atoms with van der Waals surface area (Å²) in [6, 6.07) is 16.4. The Kier molecular flexibility index (Phi) is 5.79. The van der Waals surface area contributed by atoms with E-state index in [2.05, 4.69) is 9.82 Å². The number of anilines is 1. The summed E-state index contributed by atoms with van der Waals surface area (Å²) < 4.78 is 32.1. The van der Waals surface area contributed by atoms with E-state index in [1.54, 1.807) is 42.2 Å². The third kappa shape index (κ3) is 5.20. The standard InChI is InChI=1S/C20H21N3O4S/c1-23-19(12-20(24)27-14-15-6-4-3-5-7-15)18(13-21-23)16-8-10-17(11-9-16)22-28(2,25)26/h3-11,13,22H,12,14H2,1-2H3. The van der Waals surface area contributed by atoms with E-state index in [0.717, 1.165) is 28.6 Å². The van der Waals surface area contributed by atoms with Gasteiger partial charge in [-0.1, -0.05) is 42.5 Å². The molecule has 0 aliphatic heterocycles. The molecule has 1 N–H and O–H groups in total. The lowest BCUT2D eigenvalue weighted by atomic mass is 10.0. The first-order chi connectivity index (χ1) is 13.3. The van der Waals surface area contributed by atoms with E-state index >= 15 is 0 Å². The van der Waals surface area contributed by atoms with Gasteiger partial charge in [0, 0.05) is 18.3 Å². The zero-order chi connectivity index (χ0) is 20.1. The molecule has 0 aliphatic rings. The van der Waals surface area contributed by atoms with Gasteiger partial charge in [0.25, 0.3) is 0 Å². The van der Waals surface area contributed by atoms with Gasteiger partial charge in [0.1, 0.15) is 6.61 Å². The number of sulfonamides is 1. The van der Waals surface area contributed by atoms with E-state index in [1.807, 2.05) is 30.3 Å². The molecule has 0 saturated carbocycles. The lowest BCUT2D eigenvalue weighted by Gasteiger charge is -2.09. The van der Waals surface area contributed by atoms with Crippen LogP contribution in [-0.2, 0) is 39.6 Å². The van der Waals surface area contributed by atoms with Gasteiger partial charge in [0.15, 0.2) is 0 Å². The maximum atomic E-state index is 12.3. The maximum Gasteiger partial charge on any atom is 0.312 e. The molecule has 146 valence electrons. The van der Waals surface area contributed by atoms with Gasteiger partial charge >= 0.3 is 5.97 Å². The number of aromatic nitrogens is 2. The lowest BCUT2D eigenvalue weighted by molar-refractivity contribution is -0.144. The molecule has 0 aliphatic carbocycles. The average molecular weight is 399 g/mol. The van der Waals surface area contributed by atoms with E-state index < -0.39 is 10.0 Å². The van der Waals surface area contributed by atoms with E-state index in [4.69, 9.17) is 4.74 Å². The number of carbonyl (C=O) groups is 1. The molecule has 0 amide bonds. The molecule has 3 rings (SSSR count). The highest BCUT2D eigenvalue weighted by Crippen LogP contribution is 2.25. The topological polar surface area (TPSA) is 90.3 Å². The number of hydrogen-bond donors (Lipinski definition) is 1. The summed E-state index contributed by atoms with van der Waals surface area (Å²) in [5, 5.41) is 4.24. The number of rotatable bonds is 7. The molecule has 0 spiro atoms. The number of hydrogen-bond acceptors (Lipinski definition) is 5. The summed E-state index contributed by atoms with van der Waals surface area (Å²) in [6.45, 7) is 0.221. The molecule has 0 radical (unpaired) electrons. The fraction of sp³-hybridized carbons (Fsp3) is 0.200. The van der Waals surface area contributed by atoms with Crippen LogP contribution < -0.4 is 4.72 Å². The summed E-state index contributed by atoms with van der Waals surface area (Å²) in [5.74, 6) is -0.343. The minimum atomic E-state index is -3.33. The fourth-order valence-electron chi connectivity index (χ4n) is 2.77. The highest BCUT2D eigenvalue weighted by atomic mass is 32.2. The number of ether oxygens (including phenoxy) is 1. The van der Waals surface area contributed by atoms with Crippen molar-refractivity contribution in [3.8, 4) is 11.1 Å². The zero-order valence-electron chi connectivity index (χ0n) is 15.6. The molecule has 7 nitrogen and oxygen atoms in total. The molecule has 1 aromatic heterocycles. The van der Waals surface area contributed by atoms with Crippen LogP contribution in [0.4, 0.5) is 5.69 Å². The van der Waals surface area contributed by atoms with Crippen molar-refractivity contribution in [2.75, 3.05) is 11.0 Å². The van der Waals surface area contributed by atoms with Crippen molar-refractivity contribution in [2.24, 2.45) is 7.05 Å². The Bertz CT molecular complexity index is 1060. The Balaban J connectivity index is 1.72. The summed E-state index contributed by atoms with van der Waals surface area (Å²) in [5.41, 5.74) is 3.75. The Morgan fingerprint density at radius 2 is 1.79 bits per heavy atom. The van der Waals surface area contributed by atoms with Gasteiger partial charge in [0.05, 0.1) is 24.6 Å². The third-order valence-corrected chi connectivity index (χ3v) is 4.72. The molecule has 8 heteroatoms. The smallest absolute Gasteiger partial charge is 0.312 e. The van der Waals surface area contributed by atoms with Crippen molar-refractivity contribution in [3.05, 3.63) is 72.1 Å². The third-order valence-electron chi connectivity index (χ3n) is 4.12. The van der Waals surface area contributed by atoms with E-state index in [9.17, 15) is 13.2 Å². The van der Waals surface area contributed by atoms with Crippen LogP contribution in [0.2, 0.25) is 0 Å². The molecule has 0 unspecified atom stereocenters. The second-order valence-corrected chi connectivity index (χ2v) is 8.15. The minimum Gasteiger partial charge on any atom is -0.461 e. The number of nitrogens with one attached hydrogen (secondary N) is 1. The molecule has 0 bridgehead atoms. The Morgan fingerprint density at radius 1 is 1.11 bits per heavy atom. The number of esters is 1. The SMILES string of the molecule is Cn1ncc(-c2ccc(NS(C)(=O)=O)cc2)c1CC(=O)OCc1ccccc1. The van der Waals surface area contributed by atoms with Gasteiger partial charge < -0.3 is 4.74 Å². The first-order valence-electron chi connectivity index (χ1n) is 8.60. The second-order valence-electron chi connectivity index (χ2n) is 6.40. The molecule has 1 heterocycles. The largest absolute Gasteiger partial charge is 0.461 e. The van der Waals surface area contributed by atoms with E-state index in [0.29, 0.717) is 5.69 Å². The molecule has 0 saturated heterocycles. The summed E-state index contributed by atoms with van der Waals surface area (Å²) in [6.07, 6.45) is 2.86. The van der Waals surface area contributed by atoms with Gasteiger partial charge in [-0.05, 0) is 23.3 Å². The van der Waals surface area contributed by atoms with Crippen LogP contribution in [0.15, 0.2) is 60.8 Å². The van der Waals surface area contributed by atoms with Crippen molar-refractivity contribution in [2.45, 2.75) is 13.0 Å². The number of benzene rings is 2. The molecule has 3 aromatic rings. The average Bonchev–Trinajstić information content (AvgIpc) is 3.01. The fourth-order valence-corrected chi connectivity index (χ4v) is 3.34. The molecular weight excluding hydrogens is 378 g/mol. The first kappa shape index (κ1) is 19.6. The molecule has 0 atom stereocenters. The van der Waals surface area contributed by atoms with Gasteiger partial charge in [-0.25, -0.2) is 8.42 Å². The lowest BCUT2D eigenvalue weighted by Crippen LogP contribution is -2.12. The predicted octanol–water partition coefficient (Wildman–Crippen LogP) is 2.74. The molecular formula is C20H21N3O4S. The van der Waals surface area contributed by atoms with Crippen LogP contribution in [0.1, 0.15) is 11.3 Å².